The Morgan fingerprint density at radius 3 is 2.52 bits per heavy atom. The third-order valence-corrected chi connectivity index (χ3v) is 4.52. The van der Waals surface area contributed by atoms with E-state index in [9.17, 15) is 14.4 Å². The van der Waals surface area contributed by atoms with Crippen molar-refractivity contribution in [3.8, 4) is 5.75 Å². The topological polar surface area (TPSA) is 95.9 Å². The number of amides is 2. The van der Waals surface area contributed by atoms with Crippen LogP contribution in [0.15, 0.2) is 42.5 Å². The SMILES string of the molecule is COc1ccc(C)cc1N1CC(C(=O)Nc2ccc(C(=O)O)cc2)CC1=O. The van der Waals surface area contributed by atoms with Crippen LogP contribution in [0.3, 0.4) is 0 Å². The van der Waals surface area contributed by atoms with Crippen LogP contribution in [0, 0.1) is 12.8 Å². The Labute approximate surface area is 156 Å². The van der Waals surface area contributed by atoms with Crippen molar-refractivity contribution < 1.29 is 24.2 Å². The largest absolute Gasteiger partial charge is 0.495 e. The summed E-state index contributed by atoms with van der Waals surface area (Å²) in [6.45, 7) is 2.19. The van der Waals surface area contributed by atoms with Crippen molar-refractivity contribution in [2.45, 2.75) is 13.3 Å². The molecule has 1 aliphatic rings. The summed E-state index contributed by atoms with van der Waals surface area (Å²) < 4.78 is 5.34. The van der Waals surface area contributed by atoms with Crippen LogP contribution < -0.4 is 15.0 Å². The molecule has 7 nitrogen and oxygen atoms in total. The molecule has 1 heterocycles. The van der Waals surface area contributed by atoms with Crippen LogP contribution in [0.1, 0.15) is 22.3 Å². The molecule has 2 aromatic carbocycles. The molecule has 0 aliphatic carbocycles. The molecule has 7 heteroatoms. The minimum Gasteiger partial charge on any atom is -0.495 e. The van der Waals surface area contributed by atoms with Crippen molar-refractivity contribution in [3.63, 3.8) is 0 Å². The van der Waals surface area contributed by atoms with Gasteiger partial charge in [0.1, 0.15) is 5.75 Å². The van der Waals surface area contributed by atoms with E-state index in [1.54, 1.807) is 18.1 Å². The second-order valence-electron chi connectivity index (χ2n) is 6.45. The number of nitrogens with one attached hydrogen (secondary N) is 1. The second kappa shape index (κ2) is 7.49. The first-order valence-corrected chi connectivity index (χ1v) is 8.48. The van der Waals surface area contributed by atoms with E-state index < -0.39 is 11.9 Å². The highest BCUT2D eigenvalue weighted by Crippen LogP contribution is 2.34. The molecule has 0 aromatic heterocycles. The predicted molar refractivity (Wildman–Crippen MR) is 100 cm³/mol. The molecule has 1 aliphatic heterocycles. The van der Waals surface area contributed by atoms with Gasteiger partial charge in [0.25, 0.3) is 0 Å². The zero-order valence-electron chi connectivity index (χ0n) is 15.1. The summed E-state index contributed by atoms with van der Waals surface area (Å²) in [6, 6.07) is 11.5. The van der Waals surface area contributed by atoms with E-state index in [0.717, 1.165) is 5.56 Å². The molecule has 2 aromatic rings. The highest BCUT2D eigenvalue weighted by Gasteiger charge is 2.36. The minimum absolute atomic E-state index is 0.107. The molecule has 1 atom stereocenters. The zero-order chi connectivity index (χ0) is 19.6. The number of methoxy groups -OCH3 is 1. The van der Waals surface area contributed by atoms with Crippen LogP contribution in [0.2, 0.25) is 0 Å². The van der Waals surface area contributed by atoms with Crippen LogP contribution >= 0.6 is 0 Å². The number of hydrogen-bond donors (Lipinski definition) is 2. The number of carbonyl (C=O) groups is 3. The van der Waals surface area contributed by atoms with Crippen LogP contribution in [0.5, 0.6) is 5.75 Å². The zero-order valence-corrected chi connectivity index (χ0v) is 15.1. The quantitative estimate of drug-likeness (QED) is 0.846. The molecule has 2 N–H and O–H groups in total. The second-order valence-corrected chi connectivity index (χ2v) is 6.45. The van der Waals surface area contributed by atoms with Crippen LogP contribution in [0.4, 0.5) is 11.4 Å². The first-order chi connectivity index (χ1) is 12.9. The van der Waals surface area contributed by atoms with E-state index in [4.69, 9.17) is 9.84 Å². The fraction of sp³-hybridized carbons (Fsp3) is 0.250. The van der Waals surface area contributed by atoms with E-state index in [1.165, 1.54) is 24.3 Å². The van der Waals surface area contributed by atoms with Crippen LogP contribution in [-0.2, 0) is 9.59 Å². The lowest BCUT2D eigenvalue weighted by atomic mass is 10.1. The maximum atomic E-state index is 12.5. The highest BCUT2D eigenvalue weighted by molar-refractivity contribution is 6.04. The normalized spacial score (nSPS) is 16.3. The van der Waals surface area contributed by atoms with Crippen molar-refractivity contribution >= 4 is 29.2 Å². The Balaban J connectivity index is 1.72. The fourth-order valence-electron chi connectivity index (χ4n) is 3.07. The summed E-state index contributed by atoms with van der Waals surface area (Å²) >= 11 is 0. The molecular weight excluding hydrogens is 348 g/mol. The van der Waals surface area contributed by atoms with Crippen LogP contribution in [-0.4, -0.2) is 36.5 Å². The number of aromatic carboxylic acids is 1. The van der Waals surface area contributed by atoms with Crippen molar-refractivity contribution in [2.24, 2.45) is 5.92 Å². The molecular formula is C20H20N2O5. The Morgan fingerprint density at radius 2 is 1.89 bits per heavy atom. The molecule has 0 bridgehead atoms. The number of carboxylic acids is 1. The van der Waals surface area contributed by atoms with Crippen molar-refractivity contribution in [2.75, 3.05) is 23.9 Å². The standard InChI is InChI=1S/C20H20N2O5/c1-12-3-8-17(27-2)16(9-12)22-11-14(10-18(22)23)19(24)21-15-6-4-13(5-7-15)20(25)26/h3-9,14H,10-11H2,1-2H3,(H,21,24)(H,25,26). The maximum absolute atomic E-state index is 12.5. The average molecular weight is 368 g/mol. The number of nitrogens with zero attached hydrogens (tertiary/aromatic N) is 1. The average Bonchev–Trinajstić information content (AvgIpc) is 3.04. The molecule has 2 amide bonds. The van der Waals surface area contributed by atoms with Gasteiger partial charge in [-0.15, -0.1) is 0 Å². The summed E-state index contributed by atoms with van der Waals surface area (Å²) in [4.78, 5) is 37.5. The number of benzene rings is 2. The van der Waals surface area contributed by atoms with Gasteiger partial charge in [-0.2, -0.15) is 0 Å². The van der Waals surface area contributed by atoms with Gasteiger partial charge in [0.15, 0.2) is 0 Å². The lowest BCUT2D eigenvalue weighted by Gasteiger charge is -2.20. The lowest BCUT2D eigenvalue weighted by Crippen LogP contribution is -2.28. The predicted octanol–water partition coefficient (Wildman–Crippen LogP) is 2.69. The number of anilines is 2. The van der Waals surface area contributed by atoms with E-state index in [2.05, 4.69) is 5.32 Å². The Kier molecular flexibility index (Phi) is 5.12. The Bertz CT molecular complexity index is 892. The third kappa shape index (κ3) is 3.92. The van der Waals surface area contributed by atoms with Gasteiger partial charge in [0.05, 0.1) is 24.3 Å². The van der Waals surface area contributed by atoms with E-state index >= 15 is 0 Å². The van der Waals surface area contributed by atoms with E-state index in [0.29, 0.717) is 17.1 Å². The van der Waals surface area contributed by atoms with Gasteiger partial charge in [0, 0.05) is 18.7 Å². The monoisotopic (exact) mass is 368 g/mol. The van der Waals surface area contributed by atoms with E-state index in [-0.39, 0.29) is 30.3 Å². The maximum Gasteiger partial charge on any atom is 0.335 e. The summed E-state index contributed by atoms with van der Waals surface area (Å²) in [7, 11) is 1.54. The highest BCUT2D eigenvalue weighted by atomic mass is 16.5. The summed E-state index contributed by atoms with van der Waals surface area (Å²) in [5.41, 5.74) is 2.28. The Morgan fingerprint density at radius 1 is 1.19 bits per heavy atom. The number of carboxylic acid groups (broad SMARTS) is 1. The van der Waals surface area contributed by atoms with Crippen molar-refractivity contribution in [1.29, 1.82) is 0 Å². The molecule has 0 spiro atoms. The van der Waals surface area contributed by atoms with Gasteiger partial charge in [-0.3, -0.25) is 9.59 Å². The molecule has 1 saturated heterocycles. The van der Waals surface area contributed by atoms with E-state index in [1.807, 2.05) is 19.1 Å². The smallest absolute Gasteiger partial charge is 0.335 e. The van der Waals surface area contributed by atoms with Crippen molar-refractivity contribution in [1.82, 2.24) is 0 Å². The lowest BCUT2D eigenvalue weighted by molar-refractivity contribution is -0.122. The molecule has 1 unspecified atom stereocenters. The summed E-state index contributed by atoms with van der Waals surface area (Å²) in [5, 5.41) is 11.7. The third-order valence-electron chi connectivity index (χ3n) is 4.52. The molecule has 0 radical (unpaired) electrons. The number of aryl methyl sites for hydroxylation is 1. The first-order valence-electron chi connectivity index (χ1n) is 8.48. The number of carbonyl (C=O) groups excluding carboxylic acids is 2. The molecule has 27 heavy (non-hydrogen) atoms. The molecule has 140 valence electrons. The molecule has 1 fully saturated rings. The van der Waals surface area contributed by atoms with Crippen LogP contribution in [0.25, 0.3) is 0 Å². The minimum atomic E-state index is -1.03. The number of rotatable bonds is 5. The summed E-state index contributed by atoms with van der Waals surface area (Å²) in [5.74, 6) is -1.36. The number of ether oxygens (including phenoxy) is 1. The van der Waals surface area contributed by atoms with Gasteiger partial charge in [-0.05, 0) is 48.9 Å². The molecule has 3 rings (SSSR count). The van der Waals surface area contributed by atoms with Crippen molar-refractivity contribution in [3.05, 3.63) is 53.6 Å². The molecule has 0 saturated carbocycles. The van der Waals surface area contributed by atoms with Gasteiger partial charge in [0.2, 0.25) is 11.8 Å². The van der Waals surface area contributed by atoms with Gasteiger partial charge < -0.3 is 20.1 Å². The van der Waals surface area contributed by atoms with Gasteiger partial charge >= 0.3 is 5.97 Å². The van der Waals surface area contributed by atoms with Gasteiger partial charge in [-0.25, -0.2) is 4.79 Å². The summed E-state index contributed by atoms with van der Waals surface area (Å²) in [6.07, 6.45) is 0.107. The first kappa shape index (κ1) is 18.4. The number of hydrogen-bond acceptors (Lipinski definition) is 4. The fourth-order valence-corrected chi connectivity index (χ4v) is 3.07. The van der Waals surface area contributed by atoms with Gasteiger partial charge in [-0.1, -0.05) is 6.07 Å². The Hall–Kier alpha value is -3.35.